The summed E-state index contributed by atoms with van der Waals surface area (Å²) >= 11 is 0. The van der Waals surface area contributed by atoms with E-state index in [4.69, 9.17) is 10.8 Å². The Balaban J connectivity index is 3.13. The average Bonchev–Trinajstić information content (AvgIpc) is 2.24. The summed E-state index contributed by atoms with van der Waals surface area (Å²) in [5.74, 6) is -3.80. The Morgan fingerprint density at radius 2 is 2.12 bits per heavy atom. The molecule has 94 valence electrons. The molecule has 0 amide bonds. The molecule has 0 aromatic heterocycles. The molecule has 5 heteroatoms. The molecular formula is C12H15F2NO2. The molecule has 1 atom stereocenters. The molecule has 0 aliphatic rings. The number of hydrogen-bond acceptors (Lipinski definition) is 2. The number of hydrogen-bond donors (Lipinski definition) is 2. The highest BCUT2D eigenvalue weighted by molar-refractivity contribution is 5.78. The molecule has 1 unspecified atom stereocenters. The van der Waals surface area contributed by atoms with Gasteiger partial charge in [-0.15, -0.1) is 0 Å². The molecule has 0 saturated heterocycles. The third-order valence-electron chi connectivity index (χ3n) is 2.65. The van der Waals surface area contributed by atoms with Crippen LogP contribution >= 0.6 is 0 Å². The van der Waals surface area contributed by atoms with E-state index in [1.807, 2.05) is 6.92 Å². The number of carboxylic acids is 1. The maximum atomic E-state index is 13.2. The molecule has 1 aromatic rings. The summed E-state index contributed by atoms with van der Waals surface area (Å²) in [6.07, 6.45) is 1.79. The van der Waals surface area contributed by atoms with Gasteiger partial charge in [0.05, 0.1) is 11.6 Å². The molecule has 1 aromatic carbocycles. The van der Waals surface area contributed by atoms with E-state index in [0.29, 0.717) is 18.9 Å². The monoisotopic (exact) mass is 243 g/mol. The van der Waals surface area contributed by atoms with Gasteiger partial charge in [0.1, 0.15) is 11.6 Å². The highest BCUT2D eigenvalue weighted by Gasteiger charge is 2.23. The fraction of sp³-hybridized carbons (Fsp3) is 0.417. The zero-order valence-electron chi connectivity index (χ0n) is 9.54. The van der Waals surface area contributed by atoms with E-state index in [1.54, 1.807) is 0 Å². The molecular weight excluding hydrogens is 228 g/mol. The van der Waals surface area contributed by atoms with Gasteiger partial charge in [-0.25, -0.2) is 8.78 Å². The molecule has 0 fully saturated rings. The summed E-state index contributed by atoms with van der Waals surface area (Å²) in [5, 5.41) is 9.06. The van der Waals surface area contributed by atoms with Crippen LogP contribution in [0.2, 0.25) is 0 Å². The predicted octanol–water partition coefficient (Wildman–Crippen LogP) is 2.91. The second-order valence-electron chi connectivity index (χ2n) is 3.92. The summed E-state index contributed by atoms with van der Waals surface area (Å²) in [6.45, 7) is 1.91. The lowest BCUT2D eigenvalue weighted by atomic mass is 9.92. The Morgan fingerprint density at radius 3 is 2.65 bits per heavy atom. The van der Waals surface area contributed by atoms with Crippen LogP contribution in [0, 0.1) is 11.6 Å². The molecule has 0 spiro atoms. The van der Waals surface area contributed by atoms with Crippen molar-refractivity contribution in [1.82, 2.24) is 0 Å². The van der Waals surface area contributed by atoms with E-state index in [9.17, 15) is 13.6 Å². The minimum atomic E-state index is -1.12. The lowest BCUT2D eigenvalue weighted by Gasteiger charge is -2.15. The number of carboxylic acid groups (broad SMARTS) is 1. The van der Waals surface area contributed by atoms with Crippen molar-refractivity contribution in [2.24, 2.45) is 0 Å². The van der Waals surface area contributed by atoms with Gasteiger partial charge in [0, 0.05) is 6.07 Å². The Labute approximate surface area is 98.2 Å². The SMILES string of the molecule is CCCCC(C(=O)O)c1cc(F)cc(F)c1N. The van der Waals surface area contributed by atoms with Crippen LogP contribution in [0.4, 0.5) is 14.5 Å². The zero-order valence-corrected chi connectivity index (χ0v) is 9.54. The lowest BCUT2D eigenvalue weighted by molar-refractivity contribution is -0.139. The van der Waals surface area contributed by atoms with Crippen molar-refractivity contribution in [3.8, 4) is 0 Å². The first-order valence-electron chi connectivity index (χ1n) is 5.44. The minimum Gasteiger partial charge on any atom is -0.481 e. The minimum absolute atomic E-state index is 0.0171. The van der Waals surface area contributed by atoms with E-state index in [-0.39, 0.29) is 11.3 Å². The van der Waals surface area contributed by atoms with Gasteiger partial charge >= 0.3 is 5.97 Å². The van der Waals surface area contributed by atoms with Crippen LogP contribution in [0.5, 0.6) is 0 Å². The second-order valence-corrected chi connectivity index (χ2v) is 3.92. The van der Waals surface area contributed by atoms with E-state index in [2.05, 4.69) is 0 Å². The Kier molecular flexibility index (Phi) is 4.43. The van der Waals surface area contributed by atoms with Gasteiger partial charge < -0.3 is 10.8 Å². The van der Waals surface area contributed by atoms with Gasteiger partial charge in [-0.2, -0.15) is 0 Å². The quantitative estimate of drug-likeness (QED) is 0.781. The summed E-state index contributed by atoms with van der Waals surface area (Å²) in [4.78, 5) is 11.1. The van der Waals surface area contributed by atoms with Crippen molar-refractivity contribution in [1.29, 1.82) is 0 Å². The molecule has 3 N–H and O–H groups in total. The smallest absolute Gasteiger partial charge is 0.311 e. The van der Waals surface area contributed by atoms with Crippen LogP contribution in [-0.2, 0) is 4.79 Å². The number of nitrogens with two attached hydrogens (primary N) is 1. The number of benzene rings is 1. The highest BCUT2D eigenvalue weighted by atomic mass is 19.1. The van der Waals surface area contributed by atoms with Crippen LogP contribution in [0.1, 0.15) is 37.7 Å². The molecule has 0 bridgehead atoms. The molecule has 0 radical (unpaired) electrons. The van der Waals surface area contributed by atoms with Gasteiger partial charge in [-0.3, -0.25) is 4.79 Å². The molecule has 0 aliphatic carbocycles. The highest BCUT2D eigenvalue weighted by Crippen LogP contribution is 2.30. The maximum Gasteiger partial charge on any atom is 0.311 e. The summed E-state index contributed by atoms with van der Waals surface area (Å²) in [6, 6.07) is 1.64. The number of halogens is 2. The van der Waals surface area contributed by atoms with Crippen molar-refractivity contribution in [3.63, 3.8) is 0 Å². The molecule has 0 heterocycles. The molecule has 1 rings (SSSR count). The molecule has 0 saturated carbocycles. The summed E-state index contributed by atoms with van der Waals surface area (Å²) < 4.78 is 26.3. The van der Waals surface area contributed by atoms with E-state index >= 15 is 0 Å². The topological polar surface area (TPSA) is 63.3 Å². The van der Waals surface area contributed by atoms with Crippen LogP contribution < -0.4 is 5.73 Å². The van der Waals surface area contributed by atoms with Gasteiger partial charge in [-0.05, 0) is 18.1 Å². The van der Waals surface area contributed by atoms with Crippen molar-refractivity contribution in [2.45, 2.75) is 32.1 Å². The first-order chi connectivity index (χ1) is 7.97. The average molecular weight is 243 g/mol. The largest absolute Gasteiger partial charge is 0.481 e. The van der Waals surface area contributed by atoms with Crippen molar-refractivity contribution < 1.29 is 18.7 Å². The van der Waals surface area contributed by atoms with Gasteiger partial charge in [0.25, 0.3) is 0 Å². The maximum absolute atomic E-state index is 13.2. The van der Waals surface area contributed by atoms with E-state index in [1.165, 1.54) is 0 Å². The normalized spacial score (nSPS) is 12.4. The number of aliphatic carboxylic acids is 1. The summed E-state index contributed by atoms with van der Waals surface area (Å²) in [5.41, 5.74) is 5.19. The number of nitrogen functional groups attached to an aromatic ring is 1. The number of rotatable bonds is 5. The fourth-order valence-electron chi connectivity index (χ4n) is 1.71. The van der Waals surface area contributed by atoms with E-state index < -0.39 is 23.5 Å². The van der Waals surface area contributed by atoms with E-state index in [0.717, 1.165) is 12.5 Å². The van der Waals surface area contributed by atoms with Crippen molar-refractivity contribution >= 4 is 11.7 Å². The van der Waals surface area contributed by atoms with Gasteiger partial charge in [0.2, 0.25) is 0 Å². The van der Waals surface area contributed by atoms with Crippen molar-refractivity contribution in [2.75, 3.05) is 5.73 Å². The standard InChI is InChI=1S/C12H15F2NO2/c1-2-3-4-8(12(16)17)9-5-7(13)6-10(14)11(9)15/h5-6,8H,2-4,15H2,1H3,(H,16,17). The lowest BCUT2D eigenvalue weighted by Crippen LogP contribution is -2.14. The number of carbonyl (C=O) groups is 1. The van der Waals surface area contributed by atoms with Crippen molar-refractivity contribution in [3.05, 3.63) is 29.3 Å². The first kappa shape index (κ1) is 13.4. The molecule has 0 aliphatic heterocycles. The third kappa shape index (κ3) is 3.15. The van der Waals surface area contributed by atoms with Crippen LogP contribution in [0.15, 0.2) is 12.1 Å². The van der Waals surface area contributed by atoms with Crippen LogP contribution in [0.3, 0.4) is 0 Å². The Hall–Kier alpha value is -1.65. The second kappa shape index (κ2) is 5.61. The van der Waals surface area contributed by atoms with Gasteiger partial charge in [-0.1, -0.05) is 19.8 Å². The van der Waals surface area contributed by atoms with Gasteiger partial charge in [0.15, 0.2) is 0 Å². The Morgan fingerprint density at radius 1 is 1.47 bits per heavy atom. The first-order valence-corrected chi connectivity index (χ1v) is 5.44. The number of unbranched alkanes of at least 4 members (excludes halogenated alkanes) is 1. The molecule has 3 nitrogen and oxygen atoms in total. The molecule has 17 heavy (non-hydrogen) atoms. The fourth-order valence-corrected chi connectivity index (χ4v) is 1.71. The zero-order chi connectivity index (χ0) is 13.0. The predicted molar refractivity (Wildman–Crippen MR) is 60.7 cm³/mol. The van der Waals surface area contributed by atoms with Crippen LogP contribution in [0.25, 0.3) is 0 Å². The summed E-state index contributed by atoms with van der Waals surface area (Å²) in [7, 11) is 0. The van der Waals surface area contributed by atoms with Crippen LogP contribution in [-0.4, -0.2) is 11.1 Å². The third-order valence-corrected chi connectivity index (χ3v) is 2.65. The Bertz CT molecular complexity index is 421. The number of anilines is 1.